The van der Waals surface area contributed by atoms with E-state index < -0.39 is 33.3 Å². The molecule has 3 nitrogen and oxygen atoms in total. The molecule has 0 aromatic rings. The van der Waals surface area contributed by atoms with E-state index in [1.54, 1.807) is 0 Å². The molecule has 0 aromatic heterocycles. The second-order valence-electron chi connectivity index (χ2n) is 8.22. The van der Waals surface area contributed by atoms with Gasteiger partial charge >= 0.3 is 8.56 Å². The van der Waals surface area contributed by atoms with Crippen molar-refractivity contribution in [1.29, 1.82) is 0 Å². The van der Waals surface area contributed by atoms with Gasteiger partial charge in [0, 0.05) is 13.2 Å². The third-order valence-corrected chi connectivity index (χ3v) is 13.6. The fourth-order valence-corrected chi connectivity index (χ4v) is 16.1. The van der Waals surface area contributed by atoms with Crippen molar-refractivity contribution in [2.75, 3.05) is 13.2 Å². The van der Waals surface area contributed by atoms with Gasteiger partial charge in [-0.1, -0.05) is 31.0 Å². The molecule has 0 radical (unpaired) electrons. The molecule has 136 valence electrons. The Morgan fingerprint density at radius 2 is 1.00 bits per heavy atom. The Hall–Kier alpha value is 0.228. The highest BCUT2D eigenvalue weighted by atomic mass is 28.4. The fourth-order valence-electron chi connectivity index (χ4n) is 2.26. The molecule has 0 spiro atoms. The lowest BCUT2D eigenvalue weighted by molar-refractivity contribution is 0.201. The zero-order chi connectivity index (χ0) is 18.4. The Balaban J connectivity index is 5.04. The summed E-state index contributed by atoms with van der Waals surface area (Å²) in [5.74, 6) is 0. The van der Waals surface area contributed by atoms with Crippen LogP contribution in [0.2, 0.25) is 52.4 Å². The van der Waals surface area contributed by atoms with E-state index in [1.165, 1.54) is 0 Å². The molecule has 23 heavy (non-hydrogen) atoms. The highest BCUT2D eigenvalue weighted by Gasteiger charge is 2.33. The second-order valence-corrected chi connectivity index (χ2v) is 24.1. The zero-order valence-electron chi connectivity index (χ0n) is 16.9. The smallest absolute Gasteiger partial charge is 0.361 e. The molecule has 0 heterocycles. The van der Waals surface area contributed by atoms with E-state index in [0.29, 0.717) is 13.2 Å². The van der Waals surface area contributed by atoms with Gasteiger partial charge in [-0.15, -0.1) is 5.70 Å². The average molecular weight is 391 g/mol. The van der Waals surface area contributed by atoms with Gasteiger partial charge in [0.05, 0.1) is 8.07 Å². The minimum atomic E-state index is -2.20. The summed E-state index contributed by atoms with van der Waals surface area (Å²) in [5, 5.41) is 0. The largest absolute Gasteiger partial charge is 0.449 e. The van der Waals surface area contributed by atoms with E-state index in [-0.39, 0.29) is 0 Å². The van der Waals surface area contributed by atoms with Crippen LogP contribution in [0.1, 0.15) is 13.8 Å². The first-order valence-corrected chi connectivity index (χ1v) is 20.6. The molecule has 0 N–H and O–H groups in total. The van der Waals surface area contributed by atoms with Crippen molar-refractivity contribution in [3.05, 3.63) is 22.8 Å². The molecule has 0 saturated heterocycles. The second kappa shape index (κ2) is 9.07. The molecule has 0 aliphatic rings. The molecular formula is C16H38O3Si4. The molecule has 0 fully saturated rings. The van der Waals surface area contributed by atoms with Gasteiger partial charge in [0.1, 0.15) is 0 Å². The zero-order valence-corrected chi connectivity index (χ0v) is 20.9. The van der Waals surface area contributed by atoms with Gasteiger partial charge in [0.25, 0.3) is 0 Å². The molecular weight excluding hydrogens is 353 g/mol. The van der Waals surface area contributed by atoms with Gasteiger partial charge in [0.15, 0.2) is 16.6 Å². The van der Waals surface area contributed by atoms with Crippen LogP contribution in [0.5, 0.6) is 0 Å². The Labute approximate surface area is 148 Å². The lowest BCUT2D eigenvalue weighted by Gasteiger charge is -2.31. The Morgan fingerprint density at radius 1 is 0.609 bits per heavy atom. The quantitative estimate of drug-likeness (QED) is 0.482. The van der Waals surface area contributed by atoms with E-state index in [1.807, 2.05) is 13.8 Å². The van der Waals surface area contributed by atoms with Crippen LogP contribution in [0.4, 0.5) is 0 Å². The summed E-state index contributed by atoms with van der Waals surface area (Å²) < 4.78 is 18.4. The van der Waals surface area contributed by atoms with Crippen LogP contribution >= 0.6 is 0 Å². The molecule has 0 bridgehead atoms. The van der Waals surface area contributed by atoms with E-state index >= 15 is 0 Å². The van der Waals surface area contributed by atoms with E-state index in [4.69, 9.17) is 13.0 Å². The minimum Gasteiger partial charge on any atom is -0.449 e. The SMILES string of the molecule is CCO[Si](C)(/C=C/[Si](C)(C)O[Si](C)(C)/C=C/[Si](C)(C)C)OCC. The van der Waals surface area contributed by atoms with Crippen LogP contribution < -0.4 is 0 Å². The Morgan fingerprint density at radius 3 is 1.35 bits per heavy atom. The molecule has 7 heteroatoms. The van der Waals surface area contributed by atoms with Gasteiger partial charge in [-0.2, -0.15) is 0 Å². The maximum atomic E-state index is 6.61. The van der Waals surface area contributed by atoms with Crippen molar-refractivity contribution >= 4 is 33.3 Å². The lowest BCUT2D eigenvalue weighted by Crippen LogP contribution is -2.44. The molecule has 0 aromatic carbocycles. The molecule has 0 atom stereocenters. The lowest BCUT2D eigenvalue weighted by atomic mass is 10.9. The number of hydrogen-bond acceptors (Lipinski definition) is 3. The highest BCUT2D eigenvalue weighted by molar-refractivity contribution is 6.91. The Bertz CT molecular complexity index is 406. The normalized spacial score (nSPS) is 15.0. The van der Waals surface area contributed by atoms with Crippen molar-refractivity contribution in [3.63, 3.8) is 0 Å². The van der Waals surface area contributed by atoms with Crippen LogP contribution in [-0.2, 0) is 13.0 Å². The predicted octanol–water partition coefficient (Wildman–Crippen LogP) is 5.17. The van der Waals surface area contributed by atoms with Crippen molar-refractivity contribution in [2.24, 2.45) is 0 Å². The predicted molar refractivity (Wildman–Crippen MR) is 113 cm³/mol. The summed E-state index contributed by atoms with van der Waals surface area (Å²) in [6, 6.07) is 0. The third kappa shape index (κ3) is 11.4. The topological polar surface area (TPSA) is 27.7 Å². The summed E-state index contributed by atoms with van der Waals surface area (Å²) in [5.41, 5.74) is 9.25. The standard InChI is InChI=1S/C16H38O3Si4/c1-11-17-23(10,18-12-2)16-15-22(8,9)19-21(6,7)14-13-20(3,4)5/h13-16H,11-12H2,1-10H3/b14-13+,16-15+. The van der Waals surface area contributed by atoms with Crippen molar-refractivity contribution in [2.45, 2.75) is 66.2 Å². The third-order valence-electron chi connectivity index (χ3n) is 3.16. The fraction of sp³-hybridized carbons (Fsp3) is 0.750. The first-order chi connectivity index (χ1) is 10.2. The summed E-state index contributed by atoms with van der Waals surface area (Å²) >= 11 is 0. The van der Waals surface area contributed by atoms with Crippen LogP contribution in [0, 0.1) is 0 Å². The van der Waals surface area contributed by atoms with Gasteiger partial charge in [0.2, 0.25) is 0 Å². The minimum absolute atomic E-state index is 0.690. The van der Waals surface area contributed by atoms with Gasteiger partial charge in [-0.3, -0.25) is 0 Å². The maximum Gasteiger partial charge on any atom is 0.361 e. The molecule has 0 saturated carbocycles. The van der Waals surface area contributed by atoms with Crippen molar-refractivity contribution in [1.82, 2.24) is 0 Å². The first-order valence-electron chi connectivity index (χ1n) is 8.63. The summed E-state index contributed by atoms with van der Waals surface area (Å²) in [6.45, 7) is 23.7. The van der Waals surface area contributed by atoms with E-state index in [2.05, 4.69) is 75.2 Å². The molecule has 0 aliphatic carbocycles. The molecule has 0 aliphatic heterocycles. The summed E-state index contributed by atoms with van der Waals surface area (Å²) in [4.78, 5) is 0. The van der Waals surface area contributed by atoms with E-state index in [0.717, 1.165) is 0 Å². The van der Waals surface area contributed by atoms with Crippen LogP contribution in [-0.4, -0.2) is 46.5 Å². The number of hydrogen-bond donors (Lipinski definition) is 0. The van der Waals surface area contributed by atoms with Gasteiger partial charge in [-0.05, 0) is 52.3 Å². The van der Waals surface area contributed by atoms with Crippen LogP contribution in [0.25, 0.3) is 0 Å². The highest BCUT2D eigenvalue weighted by Crippen LogP contribution is 2.20. The molecule has 0 unspecified atom stereocenters. The van der Waals surface area contributed by atoms with E-state index in [9.17, 15) is 0 Å². The monoisotopic (exact) mass is 390 g/mol. The van der Waals surface area contributed by atoms with Crippen LogP contribution in [0.15, 0.2) is 22.8 Å². The van der Waals surface area contributed by atoms with Gasteiger partial charge in [-0.25, -0.2) is 0 Å². The molecule has 0 rings (SSSR count). The van der Waals surface area contributed by atoms with Crippen LogP contribution in [0.3, 0.4) is 0 Å². The van der Waals surface area contributed by atoms with Crippen molar-refractivity contribution in [3.8, 4) is 0 Å². The first kappa shape index (κ1) is 23.2. The molecule has 0 amide bonds. The van der Waals surface area contributed by atoms with Crippen molar-refractivity contribution < 1.29 is 13.0 Å². The summed E-state index contributed by atoms with van der Waals surface area (Å²) in [7, 11) is -7.04. The summed E-state index contributed by atoms with van der Waals surface area (Å²) in [6.07, 6.45) is 0. The Kier molecular flexibility index (Phi) is 9.16. The average Bonchev–Trinajstić information content (AvgIpc) is 2.33. The number of rotatable bonds is 10. The maximum absolute atomic E-state index is 6.61. The van der Waals surface area contributed by atoms with Gasteiger partial charge < -0.3 is 13.0 Å².